The first-order valence-electron chi connectivity index (χ1n) is 6.13. The number of nitrogens with one attached hydrogen (secondary N) is 1. The van der Waals surface area contributed by atoms with Crippen LogP contribution in [0.3, 0.4) is 0 Å². The zero-order chi connectivity index (χ0) is 14.5. The highest BCUT2D eigenvalue weighted by atomic mass is 79.9. The van der Waals surface area contributed by atoms with Crippen LogP contribution in [0.5, 0.6) is 11.6 Å². The number of halogens is 1. The Morgan fingerprint density at radius 2 is 2.10 bits per heavy atom. The number of hydrogen-bond donors (Lipinski definition) is 2. The molecule has 20 heavy (non-hydrogen) atoms. The van der Waals surface area contributed by atoms with E-state index < -0.39 is 0 Å². The van der Waals surface area contributed by atoms with Crippen LogP contribution in [0.4, 0.5) is 17.2 Å². The van der Waals surface area contributed by atoms with Crippen molar-refractivity contribution in [3.05, 3.63) is 34.8 Å². The van der Waals surface area contributed by atoms with E-state index in [1.165, 1.54) is 0 Å². The first-order valence-corrected chi connectivity index (χ1v) is 6.92. The lowest BCUT2D eigenvalue weighted by Gasteiger charge is -2.11. The zero-order valence-corrected chi connectivity index (χ0v) is 12.9. The molecule has 5 nitrogen and oxygen atoms in total. The zero-order valence-electron chi connectivity index (χ0n) is 11.3. The van der Waals surface area contributed by atoms with Crippen molar-refractivity contribution in [1.82, 2.24) is 4.98 Å². The normalized spacial score (nSPS) is 10.2. The lowest BCUT2D eigenvalue weighted by molar-refractivity contribution is 0.329. The summed E-state index contributed by atoms with van der Waals surface area (Å²) >= 11 is 3.43. The monoisotopic (exact) mass is 337 g/mol. The van der Waals surface area contributed by atoms with E-state index in [4.69, 9.17) is 15.2 Å². The molecule has 0 amide bonds. The van der Waals surface area contributed by atoms with Gasteiger partial charge in [0.25, 0.3) is 0 Å². The first kappa shape index (κ1) is 14.5. The molecule has 0 aliphatic rings. The van der Waals surface area contributed by atoms with Crippen molar-refractivity contribution in [2.24, 2.45) is 0 Å². The van der Waals surface area contributed by atoms with Crippen molar-refractivity contribution >= 4 is 33.1 Å². The predicted molar refractivity (Wildman–Crippen MR) is 83.8 cm³/mol. The number of rotatable bonds is 5. The molecule has 0 unspecified atom stereocenters. The van der Waals surface area contributed by atoms with Gasteiger partial charge in [0.1, 0.15) is 11.6 Å². The summed E-state index contributed by atoms with van der Waals surface area (Å²) in [6.45, 7) is 2.41. The molecule has 106 valence electrons. The third-order valence-corrected chi connectivity index (χ3v) is 3.01. The lowest BCUT2D eigenvalue weighted by atomic mass is 10.3. The van der Waals surface area contributed by atoms with Gasteiger partial charge in [0.15, 0.2) is 0 Å². The summed E-state index contributed by atoms with van der Waals surface area (Å²) in [5.41, 5.74) is 7.17. The topological polar surface area (TPSA) is 69.4 Å². The summed E-state index contributed by atoms with van der Waals surface area (Å²) in [5, 5.41) is 3.19. The van der Waals surface area contributed by atoms with Crippen molar-refractivity contribution < 1.29 is 9.47 Å². The van der Waals surface area contributed by atoms with Crippen LogP contribution < -0.4 is 20.5 Å². The summed E-state index contributed by atoms with van der Waals surface area (Å²) in [4.78, 5) is 4.33. The van der Waals surface area contributed by atoms with Gasteiger partial charge in [-0.25, -0.2) is 0 Å². The van der Waals surface area contributed by atoms with Crippen molar-refractivity contribution in [1.29, 1.82) is 0 Å². The molecule has 1 aromatic heterocycles. The average Bonchev–Trinajstić information content (AvgIpc) is 2.42. The van der Waals surface area contributed by atoms with Crippen LogP contribution >= 0.6 is 15.9 Å². The fourth-order valence-corrected chi connectivity index (χ4v) is 2.15. The van der Waals surface area contributed by atoms with Crippen LogP contribution in [0, 0.1) is 0 Å². The van der Waals surface area contributed by atoms with E-state index in [0.717, 1.165) is 15.9 Å². The van der Waals surface area contributed by atoms with Gasteiger partial charge in [0.05, 0.1) is 19.4 Å². The molecule has 1 heterocycles. The third-order valence-electron chi connectivity index (χ3n) is 2.55. The lowest BCUT2D eigenvalue weighted by Crippen LogP contribution is -2.02. The predicted octanol–water partition coefficient (Wildman–Crippen LogP) is 3.58. The Bertz CT molecular complexity index is 605. The van der Waals surface area contributed by atoms with Gasteiger partial charge < -0.3 is 20.5 Å². The minimum atomic E-state index is 0.430. The second-order valence-electron chi connectivity index (χ2n) is 4.03. The Labute approximate surface area is 126 Å². The van der Waals surface area contributed by atoms with E-state index in [0.29, 0.717) is 24.0 Å². The fourth-order valence-electron chi connectivity index (χ4n) is 1.67. The van der Waals surface area contributed by atoms with Crippen LogP contribution in [0.25, 0.3) is 0 Å². The Morgan fingerprint density at radius 1 is 1.30 bits per heavy atom. The summed E-state index contributed by atoms with van der Waals surface area (Å²) in [6, 6.07) is 9.25. The van der Waals surface area contributed by atoms with Gasteiger partial charge in [-0.1, -0.05) is 15.9 Å². The van der Waals surface area contributed by atoms with E-state index in [1.807, 2.05) is 25.1 Å². The minimum absolute atomic E-state index is 0.430. The van der Waals surface area contributed by atoms with Crippen LogP contribution in [-0.2, 0) is 0 Å². The van der Waals surface area contributed by atoms with E-state index in [2.05, 4.69) is 26.2 Å². The molecule has 0 aliphatic heterocycles. The highest BCUT2D eigenvalue weighted by molar-refractivity contribution is 9.10. The molecule has 0 bridgehead atoms. The number of ether oxygens (including phenoxy) is 2. The molecule has 0 saturated carbocycles. The number of nitrogens with zero attached hydrogens (tertiary/aromatic N) is 1. The van der Waals surface area contributed by atoms with E-state index in [-0.39, 0.29) is 0 Å². The Morgan fingerprint density at radius 3 is 2.80 bits per heavy atom. The van der Waals surface area contributed by atoms with E-state index >= 15 is 0 Å². The molecular formula is C14H16BrN3O2. The molecule has 2 rings (SSSR count). The molecule has 0 saturated heterocycles. The SMILES string of the molecule is CCOc1nc(Nc2cc(Br)cc(OC)c2)ccc1N. The number of methoxy groups -OCH3 is 1. The summed E-state index contributed by atoms with van der Waals surface area (Å²) in [7, 11) is 1.63. The largest absolute Gasteiger partial charge is 0.497 e. The molecule has 0 fully saturated rings. The van der Waals surface area contributed by atoms with E-state index in [9.17, 15) is 0 Å². The van der Waals surface area contributed by atoms with Gasteiger partial charge in [-0.15, -0.1) is 0 Å². The second kappa shape index (κ2) is 6.47. The van der Waals surface area contributed by atoms with E-state index in [1.54, 1.807) is 19.2 Å². The number of nitrogen functional groups attached to an aromatic ring is 1. The minimum Gasteiger partial charge on any atom is -0.497 e. The standard InChI is InChI=1S/C14H16BrN3O2/c1-3-20-14-12(16)4-5-13(18-14)17-10-6-9(15)7-11(8-10)19-2/h4-8H,3,16H2,1-2H3,(H,17,18). The molecule has 2 aromatic rings. The molecule has 3 N–H and O–H groups in total. The number of aromatic nitrogens is 1. The Balaban J connectivity index is 2.25. The van der Waals surface area contributed by atoms with Crippen molar-refractivity contribution in [3.8, 4) is 11.6 Å². The number of nitrogens with two attached hydrogens (primary N) is 1. The molecule has 1 aromatic carbocycles. The maximum absolute atomic E-state index is 5.80. The summed E-state index contributed by atoms with van der Waals surface area (Å²) in [6.07, 6.45) is 0. The summed E-state index contributed by atoms with van der Waals surface area (Å²) < 4.78 is 11.5. The van der Waals surface area contributed by atoms with Crippen LogP contribution in [0.1, 0.15) is 6.92 Å². The van der Waals surface area contributed by atoms with Crippen molar-refractivity contribution in [3.63, 3.8) is 0 Å². The van der Waals surface area contributed by atoms with Crippen molar-refractivity contribution in [2.45, 2.75) is 6.92 Å². The maximum atomic E-state index is 5.80. The molecule has 0 spiro atoms. The number of anilines is 3. The van der Waals surface area contributed by atoms with Crippen LogP contribution in [-0.4, -0.2) is 18.7 Å². The number of hydrogen-bond acceptors (Lipinski definition) is 5. The van der Waals surface area contributed by atoms with Crippen molar-refractivity contribution in [2.75, 3.05) is 24.8 Å². The highest BCUT2D eigenvalue weighted by Crippen LogP contribution is 2.28. The van der Waals surface area contributed by atoms with Gasteiger partial charge >= 0.3 is 0 Å². The second-order valence-corrected chi connectivity index (χ2v) is 4.94. The number of benzene rings is 1. The first-order chi connectivity index (χ1) is 9.62. The average molecular weight is 338 g/mol. The van der Waals surface area contributed by atoms with Crippen LogP contribution in [0.2, 0.25) is 0 Å². The molecular weight excluding hydrogens is 322 g/mol. The van der Waals surface area contributed by atoms with Gasteiger partial charge in [-0.2, -0.15) is 4.98 Å². The van der Waals surface area contributed by atoms with Gasteiger partial charge in [0.2, 0.25) is 5.88 Å². The van der Waals surface area contributed by atoms with Gasteiger partial charge in [-0.05, 0) is 31.2 Å². The Hall–Kier alpha value is -1.95. The molecule has 0 aliphatic carbocycles. The maximum Gasteiger partial charge on any atom is 0.239 e. The molecule has 0 atom stereocenters. The molecule has 0 radical (unpaired) electrons. The molecule has 6 heteroatoms. The van der Waals surface area contributed by atoms with Crippen LogP contribution in [0.15, 0.2) is 34.8 Å². The number of pyridine rings is 1. The third kappa shape index (κ3) is 3.54. The Kier molecular flexibility index (Phi) is 4.68. The van der Waals surface area contributed by atoms with Gasteiger partial charge in [0, 0.05) is 16.2 Å². The highest BCUT2D eigenvalue weighted by Gasteiger charge is 2.05. The quantitative estimate of drug-likeness (QED) is 0.872. The van der Waals surface area contributed by atoms with Gasteiger partial charge in [-0.3, -0.25) is 0 Å². The smallest absolute Gasteiger partial charge is 0.239 e. The summed E-state index contributed by atoms with van der Waals surface area (Å²) in [5.74, 6) is 1.84. The fraction of sp³-hybridized carbons (Fsp3) is 0.214.